The number of carbonyl (C=O) groups is 1. The van der Waals surface area contributed by atoms with Gasteiger partial charge in [0.15, 0.2) is 0 Å². The molecule has 1 aromatic rings. The zero-order valence-corrected chi connectivity index (χ0v) is 13.6. The van der Waals surface area contributed by atoms with Gasteiger partial charge in [0.1, 0.15) is 0 Å². The van der Waals surface area contributed by atoms with E-state index in [1.165, 1.54) is 0 Å². The van der Waals surface area contributed by atoms with Crippen molar-refractivity contribution >= 4 is 6.03 Å². The van der Waals surface area contributed by atoms with E-state index in [4.69, 9.17) is 4.74 Å². The number of hydrogen-bond acceptors (Lipinski definition) is 3. The molecule has 0 radical (unpaired) electrons. The van der Waals surface area contributed by atoms with Crippen molar-refractivity contribution in [1.82, 2.24) is 10.6 Å². The molecule has 23 heavy (non-hydrogen) atoms. The van der Waals surface area contributed by atoms with Crippen LogP contribution in [0.3, 0.4) is 0 Å². The van der Waals surface area contributed by atoms with Crippen LogP contribution in [-0.4, -0.2) is 36.4 Å². The molecule has 2 aliphatic rings. The molecule has 1 aliphatic heterocycles. The number of ether oxygens (including phenoxy) is 1. The van der Waals surface area contributed by atoms with E-state index in [2.05, 4.69) is 10.6 Å². The van der Waals surface area contributed by atoms with Crippen LogP contribution in [0.25, 0.3) is 0 Å². The summed E-state index contributed by atoms with van der Waals surface area (Å²) < 4.78 is 5.73. The van der Waals surface area contributed by atoms with Crippen LogP contribution in [0.4, 0.5) is 4.79 Å². The third-order valence-corrected chi connectivity index (χ3v) is 5.10. The zero-order chi connectivity index (χ0) is 16.2. The smallest absolute Gasteiger partial charge is 0.315 e. The number of fused-ring (bicyclic) bond motifs is 1. The number of benzene rings is 1. The van der Waals surface area contributed by atoms with Gasteiger partial charge in [-0.2, -0.15) is 0 Å². The lowest BCUT2D eigenvalue weighted by molar-refractivity contribution is 0.0548. The average Bonchev–Trinajstić information content (AvgIpc) is 3.03. The van der Waals surface area contributed by atoms with Gasteiger partial charge in [0.05, 0.1) is 12.2 Å². The van der Waals surface area contributed by atoms with Gasteiger partial charge in [-0.1, -0.05) is 24.3 Å². The van der Waals surface area contributed by atoms with Gasteiger partial charge < -0.3 is 20.5 Å². The van der Waals surface area contributed by atoms with E-state index in [0.29, 0.717) is 12.0 Å². The third kappa shape index (κ3) is 3.85. The van der Waals surface area contributed by atoms with Gasteiger partial charge in [0.25, 0.3) is 0 Å². The van der Waals surface area contributed by atoms with Crippen LogP contribution in [-0.2, 0) is 4.74 Å². The van der Waals surface area contributed by atoms with Gasteiger partial charge in [-0.25, -0.2) is 4.79 Å². The Morgan fingerprint density at radius 3 is 3.00 bits per heavy atom. The van der Waals surface area contributed by atoms with Crippen LogP contribution < -0.4 is 10.6 Å². The van der Waals surface area contributed by atoms with Crippen LogP contribution in [0.5, 0.6) is 0 Å². The fraction of sp³-hybridized carbons (Fsp3) is 0.611. The number of nitrogens with one attached hydrogen (secondary N) is 2. The molecule has 1 saturated heterocycles. The van der Waals surface area contributed by atoms with Crippen molar-refractivity contribution in [3.05, 3.63) is 35.4 Å². The van der Waals surface area contributed by atoms with Crippen molar-refractivity contribution in [2.45, 2.75) is 50.9 Å². The van der Waals surface area contributed by atoms with Crippen LogP contribution >= 0.6 is 0 Å². The summed E-state index contributed by atoms with van der Waals surface area (Å²) in [4.78, 5) is 12.1. The number of aliphatic hydroxyl groups is 1. The summed E-state index contributed by atoms with van der Waals surface area (Å²) in [7, 11) is 0. The number of rotatable bonds is 4. The summed E-state index contributed by atoms with van der Waals surface area (Å²) in [6, 6.07) is 7.67. The van der Waals surface area contributed by atoms with E-state index in [1.54, 1.807) is 0 Å². The molecule has 126 valence electrons. The second-order valence-electron chi connectivity index (χ2n) is 6.63. The lowest BCUT2D eigenvalue weighted by atomic mass is 9.82. The van der Waals surface area contributed by atoms with Crippen LogP contribution in [0.15, 0.2) is 24.3 Å². The van der Waals surface area contributed by atoms with Crippen molar-refractivity contribution in [2.24, 2.45) is 5.92 Å². The first kappa shape index (κ1) is 16.3. The fourth-order valence-corrected chi connectivity index (χ4v) is 3.83. The van der Waals surface area contributed by atoms with E-state index in [1.807, 2.05) is 31.2 Å². The molecule has 4 atom stereocenters. The highest BCUT2D eigenvalue weighted by Crippen LogP contribution is 2.34. The van der Waals surface area contributed by atoms with Gasteiger partial charge in [-0.15, -0.1) is 0 Å². The summed E-state index contributed by atoms with van der Waals surface area (Å²) in [6.07, 6.45) is 3.87. The predicted octanol–water partition coefficient (Wildman–Crippen LogP) is 2.29. The molecule has 1 heterocycles. The SMILES string of the molecule is Cc1ccccc1C(O)CNC(=O)NC1CCCC2OCCC12. The second-order valence-corrected chi connectivity index (χ2v) is 6.63. The second kappa shape index (κ2) is 7.32. The minimum absolute atomic E-state index is 0.187. The van der Waals surface area contributed by atoms with E-state index < -0.39 is 6.10 Å². The van der Waals surface area contributed by atoms with Gasteiger partial charge in [-0.3, -0.25) is 0 Å². The van der Waals surface area contributed by atoms with Crippen molar-refractivity contribution in [2.75, 3.05) is 13.2 Å². The molecule has 3 rings (SSSR count). The number of hydrogen-bond donors (Lipinski definition) is 3. The Morgan fingerprint density at radius 1 is 1.35 bits per heavy atom. The van der Waals surface area contributed by atoms with Gasteiger partial charge in [0.2, 0.25) is 0 Å². The number of urea groups is 1. The van der Waals surface area contributed by atoms with E-state index in [0.717, 1.165) is 43.4 Å². The number of aryl methyl sites for hydroxylation is 1. The Labute approximate surface area is 137 Å². The molecular formula is C18H26N2O3. The van der Waals surface area contributed by atoms with Crippen molar-refractivity contribution in [3.63, 3.8) is 0 Å². The molecule has 2 fully saturated rings. The molecule has 2 amide bonds. The lowest BCUT2D eigenvalue weighted by Crippen LogP contribution is -2.49. The number of aliphatic hydroxyl groups excluding tert-OH is 1. The summed E-state index contributed by atoms with van der Waals surface area (Å²) in [6.45, 7) is 2.98. The van der Waals surface area contributed by atoms with E-state index in [-0.39, 0.29) is 18.6 Å². The Morgan fingerprint density at radius 2 is 2.17 bits per heavy atom. The maximum atomic E-state index is 12.1. The quantitative estimate of drug-likeness (QED) is 0.797. The van der Waals surface area contributed by atoms with Crippen LogP contribution in [0.2, 0.25) is 0 Å². The molecule has 1 aliphatic carbocycles. The summed E-state index contributed by atoms with van der Waals surface area (Å²) in [5.74, 6) is 0.441. The predicted molar refractivity (Wildman–Crippen MR) is 88.2 cm³/mol. The average molecular weight is 318 g/mol. The molecule has 3 N–H and O–H groups in total. The molecule has 0 aromatic heterocycles. The number of carbonyl (C=O) groups excluding carboxylic acids is 1. The molecular weight excluding hydrogens is 292 g/mol. The van der Waals surface area contributed by atoms with Crippen LogP contribution in [0.1, 0.15) is 42.9 Å². The molecule has 0 spiro atoms. The molecule has 1 saturated carbocycles. The largest absolute Gasteiger partial charge is 0.387 e. The molecule has 1 aromatic carbocycles. The Kier molecular flexibility index (Phi) is 5.18. The summed E-state index contributed by atoms with van der Waals surface area (Å²) in [5, 5.41) is 16.1. The first-order valence-electron chi connectivity index (χ1n) is 8.54. The van der Waals surface area contributed by atoms with Gasteiger partial charge in [0, 0.05) is 25.1 Å². The number of amides is 2. The monoisotopic (exact) mass is 318 g/mol. The summed E-state index contributed by atoms with van der Waals surface area (Å²) >= 11 is 0. The molecule has 5 heteroatoms. The Hall–Kier alpha value is -1.59. The minimum Gasteiger partial charge on any atom is -0.387 e. The normalized spacial score (nSPS) is 28.0. The summed E-state index contributed by atoms with van der Waals surface area (Å²) in [5.41, 5.74) is 1.88. The van der Waals surface area contributed by atoms with E-state index >= 15 is 0 Å². The zero-order valence-electron chi connectivity index (χ0n) is 13.6. The first-order valence-corrected chi connectivity index (χ1v) is 8.54. The Bertz CT molecular complexity index is 549. The highest BCUT2D eigenvalue weighted by molar-refractivity contribution is 5.74. The maximum absolute atomic E-state index is 12.1. The third-order valence-electron chi connectivity index (χ3n) is 5.10. The molecule has 0 bridgehead atoms. The van der Waals surface area contributed by atoms with Crippen molar-refractivity contribution < 1.29 is 14.6 Å². The highest BCUT2D eigenvalue weighted by Gasteiger charge is 2.38. The Balaban J connectivity index is 1.49. The van der Waals surface area contributed by atoms with E-state index in [9.17, 15) is 9.90 Å². The first-order chi connectivity index (χ1) is 11.1. The molecule has 5 nitrogen and oxygen atoms in total. The standard InChI is InChI=1S/C18H26N2O3/c1-12-5-2-3-6-13(12)16(21)11-19-18(22)20-15-7-4-8-17-14(15)9-10-23-17/h2-3,5-6,14-17,21H,4,7-11H2,1H3,(H2,19,20,22). The maximum Gasteiger partial charge on any atom is 0.315 e. The van der Waals surface area contributed by atoms with Gasteiger partial charge in [-0.05, 0) is 43.7 Å². The topological polar surface area (TPSA) is 70.6 Å². The van der Waals surface area contributed by atoms with Gasteiger partial charge >= 0.3 is 6.03 Å². The van der Waals surface area contributed by atoms with Crippen molar-refractivity contribution in [1.29, 1.82) is 0 Å². The minimum atomic E-state index is -0.684. The highest BCUT2D eigenvalue weighted by atomic mass is 16.5. The molecule has 4 unspecified atom stereocenters. The van der Waals surface area contributed by atoms with Crippen molar-refractivity contribution in [3.8, 4) is 0 Å². The van der Waals surface area contributed by atoms with Crippen LogP contribution in [0, 0.1) is 12.8 Å². The lowest BCUT2D eigenvalue weighted by Gasteiger charge is -2.33. The fourth-order valence-electron chi connectivity index (χ4n) is 3.83.